The first-order valence-corrected chi connectivity index (χ1v) is 45.1. The van der Waals surface area contributed by atoms with Crippen molar-refractivity contribution in [1.82, 2.24) is 64.2 Å². The van der Waals surface area contributed by atoms with Gasteiger partial charge in [0.15, 0.2) is 17.5 Å². The molecule has 0 N–H and O–H groups in total. The second kappa shape index (κ2) is 36.9. The first-order valence-electron chi connectivity index (χ1n) is 45.1. The Morgan fingerprint density at radius 3 is 1.14 bits per heavy atom. The number of anilines is 6. The van der Waals surface area contributed by atoms with Crippen LogP contribution in [-0.4, -0.2) is 257 Å². The predicted octanol–water partition coefficient (Wildman–Crippen LogP) is 14.3. The van der Waals surface area contributed by atoms with E-state index in [1.165, 1.54) is 140 Å². The number of nitrogens with zero attached hydrogens (tertiary/aromatic N) is 19. The van der Waals surface area contributed by atoms with Crippen LogP contribution in [-0.2, 0) is 53.3 Å². The van der Waals surface area contributed by atoms with Gasteiger partial charge in [0.25, 0.3) is 0 Å². The molecule has 0 aliphatic carbocycles. The topological polar surface area (TPSA) is 171 Å². The minimum atomic E-state index is -0.00736. The molecule has 18 rings (SSSR count). The molecule has 12 heterocycles. The Morgan fingerprint density at radius 1 is 0.444 bits per heavy atom. The molecular formula is C102H127N19O3. The quantitative estimate of drug-likeness (QED) is 0.0788. The van der Waals surface area contributed by atoms with Crippen LogP contribution >= 0.6 is 0 Å². The molecule has 3 aromatic heterocycles. The highest BCUT2D eigenvalue weighted by molar-refractivity contribution is 5.99. The normalized spacial score (nSPS) is 22.3. The van der Waals surface area contributed by atoms with E-state index in [-0.39, 0.29) is 54.0 Å². The van der Waals surface area contributed by atoms with E-state index in [0.29, 0.717) is 31.1 Å². The van der Waals surface area contributed by atoms with Crippen LogP contribution in [0, 0.1) is 26.2 Å². The minimum Gasteiger partial charge on any atom is -0.365 e. The molecule has 9 aliphatic heterocycles. The molecule has 6 fully saturated rings. The van der Waals surface area contributed by atoms with E-state index in [9.17, 15) is 14.4 Å². The van der Waals surface area contributed by atoms with E-state index in [1.54, 1.807) is 0 Å². The highest BCUT2D eigenvalue weighted by atomic mass is 16.2. The maximum Gasteiger partial charge on any atom is 0.246 e. The zero-order valence-electron chi connectivity index (χ0n) is 75.4. The monoisotopic (exact) mass is 1670 g/mol. The molecule has 0 radical (unpaired) electrons. The van der Waals surface area contributed by atoms with Crippen molar-refractivity contribution in [3.05, 3.63) is 233 Å². The van der Waals surface area contributed by atoms with Gasteiger partial charge < -0.3 is 53.9 Å². The zero-order valence-corrected chi connectivity index (χ0v) is 75.4. The fourth-order valence-corrected chi connectivity index (χ4v) is 21.1. The number of fused-ring (bicyclic) bond motifs is 6. The van der Waals surface area contributed by atoms with Crippen LogP contribution < -0.4 is 29.4 Å². The Bertz CT molecular complexity index is 5590. The SMILES string of the molecule is C=CC(=O)N1C[C@H](C)N(c2nc(/C=C/C3CCCN3C)nc3c2CCN(c2cccc4cccc(C)c24)C3)C[C@H]1C.C=CC(=O)N1C[C@H](C)N(c2nc(/C=C/CN(C)C)nc3c2CCN(c2cccc4cccc(C)c24)C3)C[C@H]1C.C=CC(=O)N1C[C@H](C)N(c2nc(/C=C/CN3CC4(CN(C)C4)C3)nc3c2CCN(c2cccc4cccc(C)c24)C3)C[C@H]1C. The number of hydrogen-bond acceptors (Lipinski definition) is 19. The number of likely N-dealkylation sites (tertiary alicyclic amines) is 3. The van der Waals surface area contributed by atoms with Gasteiger partial charge in [0.05, 0.1) is 36.7 Å². The van der Waals surface area contributed by atoms with Crippen molar-refractivity contribution in [2.45, 2.75) is 156 Å². The average Bonchev–Trinajstić information content (AvgIpc) is 0.933. The molecule has 22 nitrogen and oxygen atoms in total. The highest BCUT2D eigenvalue weighted by Gasteiger charge is 2.50. The molecule has 3 amide bonds. The van der Waals surface area contributed by atoms with Gasteiger partial charge in [-0.05, 0) is 217 Å². The van der Waals surface area contributed by atoms with Crippen LogP contribution in [0.1, 0.15) is 122 Å². The molecule has 6 aromatic carbocycles. The Morgan fingerprint density at radius 2 is 0.798 bits per heavy atom. The average molecular weight is 1670 g/mol. The van der Waals surface area contributed by atoms with Gasteiger partial charge >= 0.3 is 0 Å². The van der Waals surface area contributed by atoms with Crippen LogP contribution in [0.5, 0.6) is 0 Å². The number of carbonyl (C=O) groups is 3. The fraction of sp³-hybridized carbons (Fsp3) is 0.441. The standard InChI is InChI=1S/C36H45N7O.C34H42N6O.C32H40N6O/c1-6-33(44)42-18-27(4)43(19-26(42)3)35-29-15-17-41(31-13-8-12-28-11-7-10-25(2)34(28)31)20-30(29)37-32(38-35)14-9-16-40-23-36(24-40)21-39(5)22-36;1-6-32(41)39-20-25(4)40(21-24(39)3)34-28-17-19-38(30-14-8-12-26-11-7-10-23(2)33(26)30)22-29(28)35-31(36-34)16-15-27-13-9-18-37(27)5;1-7-30(39)37-19-24(4)38(20-23(37)3)32-26-16-18-36(21-27(26)33-29(34-32)15-10-17-35(5)6)28-14-9-13-25-12-8-11-22(2)31(25)28/h6-14,26-27H,1,15-24H2,2-5H3;6-8,10-12,14-16,24-25,27H,1,9,13,17-22H2,2-5H3;7-15,23-24H,1,16-21H2,2-6H3/b14-9+;16-15+;15-10+/t26-,27+;24-,25+,27?;23-,24+/m111/s1. The summed E-state index contributed by atoms with van der Waals surface area (Å²) in [7, 11) is 8.51. The largest absolute Gasteiger partial charge is 0.365 e. The molecule has 7 atom stereocenters. The van der Waals surface area contributed by atoms with Gasteiger partial charge in [-0.3, -0.25) is 24.2 Å². The lowest BCUT2D eigenvalue weighted by Gasteiger charge is -2.59. The first-order chi connectivity index (χ1) is 59.8. The summed E-state index contributed by atoms with van der Waals surface area (Å²) in [5, 5.41) is 7.77. The lowest BCUT2D eigenvalue weighted by molar-refractivity contribution is -0.129. The second-order valence-electron chi connectivity index (χ2n) is 37.0. The molecule has 1 spiro atoms. The summed E-state index contributed by atoms with van der Waals surface area (Å²) in [5.74, 6) is 5.37. The summed E-state index contributed by atoms with van der Waals surface area (Å²) in [6.45, 7) is 47.5. The summed E-state index contributed by atoms with van der Waals surface area (Å²) in [4.78, 5) is 98.4. The first kappa shape index (κ1) is 86.4. The van der Waals surface area contributed by atoms with Gasteiger partial charge in [-0.1, -0.05) is 129 Å². The van der Waals surface area contributed by atoms with Crippen molar-refractivity contribution in [1.29, 1.82) is 0 Å². The Labute approximate surface area is 734 Å². The number of carbonyl (C=O) groups excluding carboxylic acids is 3. The molecule has 9 aliphatic rings. The van der Waals surface area contributed by atoms with E-state index < -0.39 is 0 Å². The van der Waals surface area contributed by atoms with E-state index in [0.717, 1.165) is 150 Å². The fourth-order valence-electron chi connectivity index (χ4n) is 21.1. The number of amides is 3. The van der Waals surface area contributed by atoms with Gasteiger partial charge in [0.1, 0.15) is 17.5 Å². The van der Waals surface area contributed by atoms with Crippen molar-refractivity contribution in [3.8, 4) is 0 Å². The molecular weight excluding hydrogens is 1540 g/mol. The van der Waals surface area contributed by atoms with Crippen LogP contribution in [0.25, 0.3) is 50.5 Å². The lowest BCUT2D eigenvalue weighted by atomic mass is 9.73. The van der Waals surface area contributed by atoms with Crippen LogP contribution in [0.15, 0.2) is 165 Å². The maximum atomic E-state index is 12.6. The third kappa shape index (κ3) is 18.0. The number of benzene rings is 6. The van der Waals surface area contributed by atoms with Gasteiger partial charge in [-0.25, -0.2) is 29.9 Å². The third-order valence-corrected chi connectivity index (χ3v) is 27.4. The number of rotatable bonds is 17. The van der Waals surface area contributed by atoms with Crippen LogP contribution in [0.2, 0.25) is 0 Å². The summed E-state index contributed by atoms with van der Waals surface area (Å²) < 4.78 is 0. The van der Waals surface area contributed by atoms with Crippen molar-refractivity contribution < 1.29 is 14.4 Å². The van der Waals surface area contributed by atoms with Gasteiger partial charge in [0, 0.05) is 196 Å². The Kier molecular flexibility index (Phi) is 25.7. The van der Waals surface area contributed by atoms with E-state index in [4.69, 9.17) is 29.9 Å². The van der Waals surface area contributed by atoms with Crippen LogP contribution in [0.3, 0.4) is 0 Å². The molecule has 9 aromatic rings. The Balaban J connectivity index is 0.000000138. The number of aryl methyl sites for hydroxylation is 3. The van der Waals surface area contributed by atoms with Gasteiger partial charge in [0.2, 0.25) is 17.7 Å². The van der Waals surface area contributed by atoms with E-state index in [2.05, 4.69) is 299 Å². The second-order valence-corrected chi connectivity index (χ2v) is 37.0. The van der Waals surface area contributed by atoms with Crippen LogP contribution in [0.4, 0.5) is 34.5 Å². The Hall–Kier alpha value is -11.2. The molecule has 22 heteroatoms. The van der Waals surface area contributed by atoms with Crippen molar-refractivity contribution in [2.75, 3.05) is 162 Å². The lowest BCUT2D eigenvalue weighted by Crippen LogP contribution is -2.70. The maximum absolute atomic E-state index is 12.6. The minimum absolute atomic E-state index is 0.000295. The van der Waals surface area contributed by atoms with Gasteiger partial charge in [-0.2, -0.15) is 0 Å². The zero-order chi connectivity index (χ0) is 86.9. The molecule has 648 valence electrons. The summed E-state index contributed by atoms with van der Waals surface area (Å²) in [6, 6.07) is 40.5. The molecule has 1 unspecified atom stereocenters. The number of likely N-dealkylation sites (N-methyl/N-ethyl adjacent to an activating group) is 2. The van der Waals surface area contributed by atoms with Crippen molar-refractivity contribution >= 4 is 103 Å². The summed E-state index contributed by atoms with van der Waals surface area (Å²) in [6.07, 6.45) is 22.2. The third-order valence-electron chi connectivity index (χ3n) is 27.4. The number of aromatic nitrogens is 6. The molecule has 0 bridgehead atoms. The highest BCUT2D eigenvalue weighted by Crippen LogP contribution is 2.43. The summed E-state index contributed by atoms with van der Waals surface area (Å²) in [5.41, 5.74) is 15.3. The number of hydrogen-bond donors (Lipinski definition) is 0. The smallest absolute Gasteiger partial charge is 0.246 e. The van der Waals surface area contributed by atoms with Crippen molar-refractivity contribution in [2.24, 2.45) is 5.41 Å². The molecule has 0 saturated carbocycles. The van der Waals surface area contributed by atoms with E-state index in [1.807, 2.05) is 20.8 Å². The molecule has 124 heavy (non-hydrogen) atoms. The predicted molar refractivity (Wildman–Crippen MR) is 509 cm³/mol. The molecule has 6 saturated heterocycles. The van der Waals surface area contributed by atoms with E-state index >= 15 is 0 Å². The summed E-state index contributed by atoms with van der Waals surface area (Å²) >= 11 is 0. The van der Waals surface area contributed by atoms with Crippen molar-refractivity contribution in [3.63, 3.8) is 0 Å². The van der Waals surface area contributed by atoms with Gasteiger partial charge in [-0.15, -0.1) is 0 Å². The number of piperazine rings is 3.